The molecular weight excluding hydrogens is 308 g/mol. The number of rotatable bonds is 7. The van der Waals surface area contributed by atoms with E-state index in [4.69, 9.17) is 23.7 Å². The standard InChI is InChI=1S/C19H22O5/c1-12(15-8-7-13(20-2)9-16(15)22-4)19-17(23-5)10-14(21-3)11-18(19)24-6/h7-11H,1H2,2-6H3. The molecule has 24 heavy (non-hydrogen) atoms. The molecule has 2 aromatic rings. The Labute approximate surface area is 142 Å². The van der Waals surface area contributed by atoms with Gasteiger partial charge in [-0.2, -0.15) is 0 Å². The topological polar surface area (TPSA) is 46.2 Å². The van der Waals surface area contributed by atoms with Crippen LogP contribution in [0.1, 0.15) is 11.1 Å². The Morgan fingerprint density at radius 2 is 1.17 bits per heavy atom. The van der Waals surface area contributed by atoms with E-state index in [2.05, 4.69) is 6.58 Å². The average molecular weight is 330 g/mol. The van der Waals surface area contributed by atoms with Crippen molar-refractivity contribution in [3.05, 3.63) is 48.0 Å². The second-order valence-corrected chi connectivity index (χ2v) is 4.95. The Balaban J connectivity index is 2.61. The first-order valence-corrected chi connectivity index (χ1v) is 7.31. The molecule has 0 saturated heterocycles. The third-order valence-corrected chi connectivity index (χ3v) is 3.75. The Morgan fingerprint density at radius 1 is 0.667 bits per heavy atom. The molecule has 0 amide bonds. The lowest BCUT2D eigenvalue weighted by Crippen LogP contribution is -2.00. The van der Waals surface area contributed by atoms with Gasteiger partial charge in [0, 0.05) is 23.8 Å². The summed E-state index contributed by atoms with van der Waals surface area (Å²) in [7, 11) is 7.99. The predicted molar refractivity (Wildman–Crippen MR) is 93.8 cm³/mol. The number of hydrogen-bond acceptors (Lipinski definition) is 5. The highest BCUT2D eigenvalue weighted by Gasteiger charge is 2.20. The van der Waals surface area contributed by atoms with Crippen LogP contribution in [0, 0.1) is 0 Å². The maximum atomic E-state index is 5.51. The Kier molecular flexibility index (Phi) is 5.58. The Hall–Kier alpha value is -2.82. The molecule has 0 bridgehead atoms. The summed E-state index contributed by atoms with van der Waals surface area (Å²) in [5.74, 6) is 3.21. The number of ether oxygens (including phenoxy) is 5. The van der Waals surface area contributed by atoms with Crippen molar-refractivity contribution >= 4 is 5.57 Å². The van der Waals surface area contributed by atoms with Gasteiger partial charge in [0.1, 0.15) is 28.7 Å². The molecule has 2 aromatic carbocycles. The lowest BCUT2D eigenvalue weighted by atomic mass is 9.96. The zero-order valence-electron chi connectivity index (χ0n) is 14.6. The molecule has 5 nitrogen and oxygen atoms in total. The minimum Gasteiger partial charge on any atom is -0.497 e. The van der Waals surface area contributed by atoms with E-state index in [1.54, 1.807) is 47.7 Å². The zero-order valence-corrected chi connectivity index (χ0v) is 14.6. The van der Waals surface area contributed by atoms with E-state index in [1.165, 1.54) is 0 Å². The molecule has 0 unspecified atom stereocenters. The number of benzene rings is 2. The Bertz CT molecular complexity index is 712. The van der Waals surface area contributed by atoms with Crippen molar-refractivity contribution < 1.29 is 23.7 Å². The minimum atomic E-state index is 0.606. The van der Waals surface area contributed by atoms with Gasteiger partial charge in [-0.1, -0.05) is 6.58 Å². The monoisotopic (exact) mass is 330 g/mol. The first kappa shape index (κ1) is 17.5. The van der Waals surface area contributed by atoms with Crippen LogP contribution < -0.4 is 23.7 Å². The van der Waals surface area contributed by atoms with Crippen molar-refractivity contribution in [1.82, 2.24) is 0 Å². The molecule has 2 rings (SSSR count). The summed E-state index contributed by atoms with van der Waals surface area (Å²) in [6.45, 7) is 4.21. The summed E-state index contributed by atoms with van der Waals surface area (Å²) >= 11 is 0. The summed E-state index contributed by atoms with van der Waals surface area (Å²) in [5.41, 5.74) is 2.27. The third kappa shape index (κ3) is 3.25. The highest BCUT2D eigenvalue weighted by molar-refractivity contribution is 5.87. The van der Waals surface area contributed by atoms with Crippen LogP contribution >= 0.6 is 0 Å². The summed E-state index contributed by atoms with van der Waals surface area (Å²) < 4.78 is 27.0. The lowest BCUT2D eigenvalue weighted by Gasteiger charge is -2.18. The van der Waals surface area contributed by atoms with Crippen molar-refractivity contribution in [2.24, 2.45) is 0 Å². The maximum Gasteiger partial charge on any atom is 0.134 e. The second kappa shape index (κ2) is 7.64. The van der Waals surface area contributed by atoms with Gasteiger partial charge in [-0.3, -0.25) is 0 Å². The van der Waals surface area contributed by atoms with E-state index in [1.807, 2.05) is 18.2 Å². The number of methoxy groups -OCH3 is 5. The molecule has 0 aliphatic heterocycles. The van der Waals surface area contributed by atoms with E-state index < -0.39 is 0 Å². The molecular formula is C19H22O5. The molecule has 0 aromatic heterocycles. The van der Waals surface area contributed by atoms with Crippen molar-refractivity contribution in [2.45, 2.75) is 0 Å². The summed E-state index contributed by atoms with van der Waals surface area (Å²) in [6, 6.07) is 9.13. The highest BCUT2D eigenvalue weighted by atomic mass is 16.5. The van der Waals surface area contributed by atoms with Gasteiger partial charge in [-0.15, -0.1) is 0 Å². The van der Waals surface area contributed by atoms with Gasteiger partial charge in [0.05, 0.1) is 41.1 Å². The maximum absolute atomic E-state index is 5.51. The fourth-order valence-electron chi connectivity index (χ4n) is 2.49. The van der Waals surface area contributed by atoms with Crippen LogP contribution in [0.25, 0.3) is 5.57 Å². The number of hydrogen-bond donors (Lipinski definition) is 0. The summed E-state index contributed by atoms with van der Waals surface area (Å²) in [6.07, 6.45) is 0. The van der Waals surface area contributed by atoms with Crippen LogP contribution in [0.3, 0.4) is 0 Å². The second-order valence-electron chi connectivity index (χ2n) is 4.95. The highest BCUT2D eigenvalue weighted by Crippen LogP contribution is 2.43. The van der Waals surface area contributed by atoms with Crippen LogP contribution in [-0.2, 0) is 0 Å². The SMILES string of the molecule is C=C(c1ccc(OC)cc1OC)c1c(OC)cc(OC)cc1OC. The quantitative estimate of drug-likeness (QED) is 0.773. The molecule has 0 spiro atoms. The zero-order chi connectivity index (χ0) is 17.7. The van der Waals surface area contributed by atoms with Crippen molar-refractivity contribution in [2.75, 3.05) is 35.5 Å². The molecule has 0 aliphatic carbocycles. The van der Waals surface area contributed by atoms with E-state index in [0.29, 0.717) is 34.3 Å². The van der Waals surface area contributed by atoms with Gasteiger partial charge in [0.2, 0.25) is 0 Å². The van der Waals surface area contributed by atoms with E-state index >= 15 is 0 Å². The predicted octanol–water partition coefficient (Wildman–Crippen LogP) is 3.79. The smallest absolute Gasteiger partial charge is 0.134 e. The minimum absolute atomic E-state index is 0.606. The van der Waals surface area contributed by atoms with Crippen LogP contribution in [-0.4, -0.2) is 35.5 Å². The lowest BCUT2D eigenvalue weighted by molar-refractivity contribution is 0.373. The van der Waals surface area contributed by atoms with E-state index in [9.17, 15) is 0 Å². The van der Waals surface area contributed by atoms with Gasteiger partial charge in [-0.25, -0.2) is 0 Å². The molecule has 0 radical (unpaired) electrons. The fourth-order valence-corrected chi connectivity index (χ4v) is 2.49. The summed E-state index contributed by atoms with van der Waals surface area (Å²) in [4.78, 5) is 0. The first-order chi connectivity index (χ1) is 11.6. The van der Waals surface area contributed by atoms with E-state index in [0.717, 1.165) is 11.1 Å². The molecule has 0 saturated carbocycles. The molecule has 0 atom stereocenters. The first-order valence-electron chi connectivity index (χ1n) is 7.31. The van der Waals surface area contributed by atoms with Crippen LogP contribution in [0.2, 0.25) is 0 Å². The molecule has 0 fully saturated rings. The largest absolute Gasteiger partial charge is 0.497 e. The van der Waals surface area contributed by atoms with Crippen LogP contribution in [0.4, 0.5) is 0 Å². The fraction of sp³-hybridized carbons (Fsp3) is 0.263. The van der Waals surface area contributed by atoms with Gasteiger partial charge in [0.15, 0.2) is 0 Å². The van der Waals surface area contributed by atoms with Crippen LogP contribution in [0.5, 0.6) is 28.7 Å². The van der Waals surface area contributed by atoms with Gasteiger partial charge in [-0.05, 0) is 17.7 Å². The van der Waals surface area contributed by atoms with Crippen molar-refractivity contribution in [3.63, 3.8) is 0 Å². The molecule has 0 heterocycles. The van der Waals surface area contributed by atoms with Crippen LogP contribution in [0.15, 0.2) is 36.9 Å². The van der Waals surface area contributed by atoms with Gasteiger partial charge >= 0.3 is 0 Å². The Morgan fingerprint density at radius 3 is 1.62 bits per heavy atom. The molecule has 128 valence electrons. The summed E-state index contributed by atoms with van der Waals surface area (Å²) in [5, 5.41) is 0. The average Bonchev–Trinajstić information content (AvgIpc) is 2.65. The third-order valence-electron chi connectivity index (χ3n) is 3.75. The van der Waals surface area contributed by atoms with Gasteiger partial charge in [0.25, 0.3) is 0 Å². The van der Waals surface area contributed by atoms with Crippen molar-refractivity contribution in [3.8, 4) is 28.7 Å². The molecule has 0 N–H and O–H groups in total. The van der Waals surface area contributed by atoms with Gasteiger partial charge < -0.3 is 23.7 Å². The van der Waals surface area contributed by atoms with Crippen molar-refractivity contribution in [1.29, 1.82) is 0 Å². The molecule has 5 heteroatoms. The van der Waals surface area contributed by atoms with E-state index in [-0.39, 0.29) is 0 Å². The normalized spacial score (nSPS) is 10.0. The molecule has 0 aliphatic rings.